The Morgan fingerprint density at radius 2 is 1.84 bits per heavy atom. The number of nitrogens with zero attached hydrogens (tertiary/aromatic N) is 1. The fourth-order valence-electron chi connectivity index (χ4n) is 3.06. The van der Waals surface area contributed by atoms with Gasteiger partial charge in [0.15, 0.2) is 0 Å². The second kappa shape index (κ2) is 6.74. The number of benzene rings is 1. The van der Waals surface area contributed by atoms with Crippen LogP contribution in [0.3, 0.4) is 0 Å². The van der Waals surface area contributed by atoms with Crippen LogP contribution < -0.4 is 5.32 Å². The Hall–Kier alpha value is -0.570. The Labute approximate surface area is 122 Å². The quantitative estimate of drug-likeness (QED) is 0.885. The molecule has 0 spiro atoms. The van der Waals surface area contributed by atoms with Gasteiger partial charge < -0.3 is 10.2 Å². The van der Waals surface area contributed by atoms with Gasteiger partial charge in [-0.2, -0.15) is 0 Å². The Bertz CT molecular complexity index is 397. The molecule has 106 valence electrons. The molecule has 0 radical (unpaired) electrons. The molecule has 2 rings (SSSR count). The average molecular weight is 281 g/mol. The molecule has 1 aliphatic rings. The molecule has 0 aliphatic heterocycles. The second-order valence-corrected chi connectivity index (χ2v) is 6.28. The topological polar surface area (TPSA) is 15.3 Å². The average Bonchev–Trinajstić information content (AvgIpc) is 2.42. The maximum atomic E-state index is 6.19. The van der Waals surface area contributed by atoms with Gasteiger partial charge in [-0.25, -0.2) is 0 Å². The van der Waals surface area contributed by atoms with E-state index in [1.165, 1.54) is 37.7 Å². The minimum absolute atomic E-state index is 0.333. The van der Waals surface area contributed by atoms with Gasteiger partial charge >= 0.3 is 0 Å². The van der Waals surface area contributed by atoms with Crippen molar-refractivity contribution in [1.82, 2.24) is 10.2 Å². The molecule has 0 atom stereocenters. The molecule has 1 aromatic carbocycles. The lowest BCUT2D eigenvalue weighted by atomic mass is 9.80. The van der Waals surface area contributed by atoms with Crippen molar-refractivity contribution in [3.8, 4) is 0 Å². The standard InChI is InChI=1S/C16H25ClN2/c1-19(2)16(10-6-3-7-11-16)13-18-12-14-8-4-5-9-15(14)17/h4-5,8-9,18H,3,6-7,10-13H2,1-2H3. The summed E-state index contributed by atoms with van der Waals surface area (Å²) >= 11 is 6.19. The van der Waals surface area contributed by atoms with E-state index in [0.29, 0.717) is 5.54 Å². The predicted molar refractivity (Wildman–Crippen MR) is 82.7 cm³/mol. The molecule has 0 aromatic heterocycles. The van der Waals surface area contributed by atoms with Crippen LogP contribution in [0.15, 0.2) is 24.3 Å². The first-order valence-corrected chi connectivity index (χ1v) is 7.63. The molecule has 0 heterocycles. The summed E-state index contributed by atoms with van der Waals surface area (Å²) in [5, 5.41) is 4.47. The van der Waals surface area contributed by atoms with Crippen molar-refractivity contribution < 1.29 is 0 Å². The zero-order valence-electron chi connectivity index (χ0n) is 12.1. The monoisotopic (exact) mass is 280 g/mol. The fourth-order valence-corrected chi connectivity index (χ4v) is 3.27. The smallest absolute Gasteiger partial charge is 0.0450 e. The molecule has 3 heteroatoms. The van der Waals surface area contributed by atoms with Crippen molar-refractivity contribution in [3.05, 3.63) is 34.9 Å². The third-order valence-electron chi connectivity index (χ3n) is 4.46. The molecule has 1 aromatic rings. The summed E-state index contributed by atoms with van der Waals surface area (Å²) in [5.41, 5.74) is 1.52. The van der Waals surface area contributed by atoms with Crippen LogP contribution in [0, 0.1) is 0 Å². The predicted octanol–water partition coefficient (Wildman–Crippen LogP) is 3.69. The van der Waals surface area contributed by atoms with E-state index in [1.807, 2.05) is 18.2 Å². The fraction of sp³-hybridized carbons (Fsp3) is 0.625. The van der Waals surface area contributed by atoms with Crippen LogP contribution in [-0.4, -0.2) is 31.1 Å². The first kappa shape index (κ1) is 14.8. The Morgan fingerprint density at radius 3 is 2.47 bits per heavy atom. The first-order valence-electron chi connectivity index (χ1n) is 7.26. The number of hydrogen-bond donors (Lipinski definition) is 1. The van der Waals surface area contributed by atoms with E-state index in [0.717, 1.165) is 18.1 Å². The van der Waals surface area contributed by atoms with Crippen LogP contribution in [0.25, 0.3) is 0 Å². The van der Waals surface area contributed by atoms with Gasteiger partial charge in [0.05, 0.1) is 0 Å². The van der Waals surface area contributed by atoms with E-state index >= 15 is 0 Å². The van der Waals surface area contributed by atoms with Crippen LogP contribution in [0.4, 0.5) is 0 Å². The number of hydrogen-bond acceptors (Lipinski definition) is 2. The van der Waals surface area contributed by atoms with Crippen molar-refractivity contribution in [3.63, 3.8) is 0 Å². The number of halogens is 1. The Kier molecular flexibility index (Phi) is 5.26. The minimum atomic E-state index is 0.333. The summed E-state index contributed by atoms with van der Waals surface area (Å²) in [6.45, 7) is 1.90. The largest absolute Gasteiger partial charge is 0.311 e. The van der Waals surface area contributed by atoms with Gasteiger partial charge in [0.1, 0.15) is 0 Å². The lowest BCUT2D eigenvalue weighted by molar-refractivity contribution is 0.0984. The molecule has 0 saturated heterocycles. The SMILES string of the molecule is CN(C)C1(CNCc2ccccc2Cl)CCCCC1. The lowest BCUT2D eigenvalue weighted by Gasteiger charge is -2.43. The maximum absolute atomic E-state index is 6.19. The Balaban J connectivity index is 1.91. The van der Waals surface area contributed by atoms with Crippen molar-refractivity contribution in [1.29, 1.82) is 0 Å². The number of likely N-dealkylation sites (N-methyl/N-ethyl adjacent to an activating group) is 1. The normalized spacial score (nSPS) is 18.7. The van der Waals surface area contributed by atoms with Gasteiger partial charge in [0, 0.05) is 23.7 Å². The van der Waals surface area contributed by atoms with E-state index in [-0.39, 0.29) is 0 Å². The zero-order chi connectivity index (χ0) is 13.7. The molecule has 1 fully saturated rings. The highest BCUT2D eigenvalue weighted by molar-refractivity contribution is 6.31. The number of nitrogens with one attached hydrogen (secondary N) is 1. The lowest BCUT2D eigenvalue weighted by Crippen LogP contribution is -2.52. The molecule has 0 unspecified atom stereocenters. The van der Waals surface area contributed by atoms with Gasteiger partial charge in [-0.3, -0.25) is 0 Å². The van der Waals surface area contributed by atoms with Crippen LogP contribution in [-0.2, 0) is 6.54 Å². The van der Waals surface area contributed by atoms with Crippen molar-refractivity contribution >= 4 is 11.6 Å². The van der Waals surface area contributed by atoms with E-state index in [1.54, 1.807) is 0 Å². The van der Waals surface area contributed by atoms with Gasteiger partial charge in [-0.15, -0.1) is 0 Å². The van der Waals surface area contributed by atoms with E-state index in [2.05, 4.69) is 30.4 Å². The van der Waals surface area contributed by atoms with Crippen molar-refractivity contribution in [2.24, 2.45) is 0 Å². The highest BCUT2D eigenvalue weighted by atomic mass is 35.5. The second-order valence-electron chi connectivity index (χ2n) is 5.87. The van der Waals surface area contributed by atoms with Gasteiger partial charge in [0.2, 0.25) is 0 Å². The summed E-state index contributed by atoms with van der Waals surface area (Å²) in [5.74, 6) is 0. The molecule has 2 nitrogen and oxygen atoms in total. The van der Waals surface area contributed by atoms with Crippen molar-refractivity contribution in [2.45, 2.75) is 44.2 Å². The molecule has 0 amide bonds. The summed E-state index contributed by atoms with van der Waals surface area (Å²) in [6.07, 6.45) is 6.70. The zero-order valence-corrected chi connectivity index (χ0v) is 12.8. The first-order chi connectivity index (χ1) is 9.14. The molecular formula is C16H25ClN2. The minimum Gasteiger partial charge on any atom is -0.311 e. The highest BCUT2D eigenvalue weighted by Crippen LogP contribution is 2.31. The third-order valence-corrected chi connectivity index (χ3v) is 4.83. The van der Waals surface area contributed by atoms with Crippen molar-refractivity contribution in [2.75, 3.05) is 20.6 Å². The molecule has 1 aliphatic carbocycles. The molecule has 1 N–H and O–H groups in total. The summed E-state index contributed by atoms with van der Waals surface area (Å²) in [4.78, 5) is 2.41. The molecular weight excluding hydrogens is 256 g/mol. The summed E-state index contributed by atoms with van der Waals surface area (Å²) in [6, 6.07) is 8.08. The van der Waals surface area contributed by atoms with Gasteiger partial charge in [-0.1, -0.05) is 49.1 Å². The maximum Gasteiger partial charge on any atom is 0.0450 e. The van der Waals surface area contributed by atoms with E-state index < -0.39 is 0 Å². The van der Waals surface area contributed by atoms with E-state index in [9.17, 15) is 0 Å². The summed E-state index contributed by atoms with van der Waals surface area (Å²) in [7, 11) is 4.42. The molecule has 19 heavy (non-hydrogen) atoms. The number of rotatable bonds is 5. The highest BCUT2D eigenvalue weighted by Gasteiger charge is 2.33. The van der Waals surface area contributed by atoms with Crippen LogP contribution in [0.5, 0.6) is 0 Å². The van der Waals surface area contributed by atoms with Gasteiger partial charge in [0.25, 0.3) is 0 Å². The molecule has 1 saturated carbocycles. The summed E-state index contributed by atoms with van der Waals surface area (Å²) < 4.78 is 0. The van der Waals surface area contributed by atoms with Crippen LogP contribution >= 0.6 is 11.6 Å². The Morgan fingerprint density at radius 1 is 1.16 bits per heavy atom. The van der Waals surface area contributed by atoms with E-state index in [4.69, 9.17) is 11.6 Å². The van der Waals surface area contributed by atoms with Crippen LogP contribution in [0.1, 0.15) is 37.7 Å². The molecule has 0 bridgehead atoms. The van der Waals surface area contributed by atoms with Gasteiger partial charge in [-0.05, 0) is 38.6 Å². The van der Waals surface area contributed by atoms with Crippen LogP contribution in [0.2, 0.25) is 5.02 Å². The third kappa shape index (κ3) is 3.71.